The van der Waals surface area contributed by atoms with Crippen molar-refractivity contribution in [3.8, 4) is 0 Å². The average molecular weight is 337 g/mol. The highest BCUT2D eigenvalue weighted by Gasteiger charge is 2.48. The van der Waals surface area contributed by atoms with Gasteiger partial charge in [-0.25, -0.2) is 9.78 Å². The van der Waals surface area contributed by atoms with Crippen molar-refractivity contribution in [2.24, 2.45) is 0 Å². The van der Waals surface area contributed by atoms with E-state index in [1.54, 1.807) is 11.3 Å². The van der Waals surface area contributed by atoms with Gasteiger partial charge in [0, 0.05) is 13.1 Å². The summed E-state index contributed by atoms with van der Waals surface area (Å²) in [5, 5.41) is 6.64. The standard InChI is InChI=1S/C14H13ClN4O2S/c15-8-2-1-3-9-10(8)16-13(22-9)19-6-4-14(5-7-19)11(20)17-12(21)18-14/h1-3H,4-7H2,(H2,17,18,20,21). The molecule has 2 aromatic rings. The third-order valence-electron chi connectivity index (χ3n) is 4.26. The summed E-state index contributed by atoms with van der Waals surface area (Å²) < 4.78 is 1.05. The summed E-state index contributed by atoms with van der Waals surface area (Å²) in [6.07, 6.45) is 1.16. The van der Waals surface area contributed by atoms with Crippen LogP contribution in [0.3, 0.4) is 0 Å². The number of hydrogen-bond donors (Lipinski definition) is 2. The van der Waals surface area contributed by atoms with Gasteiger partial charge in [-0.15, -0.1) is 0 Å². The quantitative estimate of drug-likeness (QED) is 0.782. The number of nitrogens with zero attached hydrogens (tertiary/aromatic N) is 2. The van der Waals surface area contributed by atoms with Crippen LogP contribution >= 0.6 is 22.9 Å². The number of halogens is 1. The van der Waals surface area contributed by atoms with Gasteiger partial charge in [0.15, 0.2) is 5.13 Å². The Morgan fingerprint density at radius 3 is 2.68 bits per heavy atom. The molecule has 0 radical (unpaired) electrons. The van der Waals surface area contributed by atoms with Crippen molar-refractivity contribution in [1.82, 2.24) is 15.6 Å². The number of para-hydroxylation sites is 1. The van der Waals surface area contributed by atoms with E-state index in [0.717, 1.165) is 15.3 Å². The molecule has 2 aliphatic heterocycles. The Balaban J connectivity index is 1.57. The lowest BCUT2D eigenvalue weighted by molar-refractivity contribution is -0.124. The maximum Gasteiger partial charge on any atom is 0.322 e. The van der Waals surface area contributed by atoms with Gasteiger partial charge < -0.3 is 10.2 Å². The van der Waals surface area contributed by atoms with E-state index < -0.39 is 11.6 Å². The molecule has 8 heteroatoms. The molecule has 6 nitrogen and oxygen atoms in total. The van der Waals surface area contributed by atoms with E-state index in [1.165, 1.54) is 0 Å². The molecule has 0 saturated carbocycles. The minimum atomic E-state index is -0.748. The van der Waals surface area contributed by atoms with Gasteiger partial charge in [0.1, 0.15) is 11.1 Å². The van der Waals surface area contributed by atoms with E-state index in [-0.39, 0.29) is 5.91 Å². The van der Waals surface area contributed by atoms with Crippen molar-refractivity contribution >= 4 is 50.2 Å². The van der Waals surface area contributed by atoms with E-state index in [4.69, 9.17) is 11.6 Å². The SMILES string of the molecule is O=C1NC(=O)C2(CCN(c3nc4c(Cl)cccc4s3)CC2)N1. The van der Waals surface area contributed by atoms with Crippen LogP contribution in [0.15, 0.2) is 18.2 Å². The summed E-state index contributed by atoms with van der Waals surface area (Å²) in [4.78, 5) is 30.1. The molecule has 3 amide bonds. The van der Waals surface area contributed by atoms with Crippen molar-refractivity contribution in [3.05, 3.63) is 23.2 Å². The third-order valence-corrected chi connectivity index (χ3v) is 5.65. The second-order valence-corrected chi connectivity index (χ2v) is 6.98. The Bertz CT molecular complexity index is 782. The molecular weight excluding hydrogens is 324 g/mol. The first-order chi connectivity index (χ1) is 10.6. The van der Waals surface area contributed by atoms with Crippen LogP contribution in [-0.2, 0) is 4.79 Å². The second kappa shape index (κ2) is 4.82. The zero-order chi connectivity index (χ0) is 15.3. The number of rotatable bonds is 1. The fraction of sp³-hybridized carbons (Fsp3) is 0.357. The van der Waals surface area contributed by atoms with Crippen LogP contribution in [0.5, 0.6) is 0 Å². The van der Waals surface area contributed by atoms with Gasteiger partial charge in [-0.2, -0.15) is 0 Å². The molecule has 0 unspecified atom stereocenters. The zero-order valence-electron chi connectivity index (χ0n) is 11.6. The van der Waals surface area contributed by atoms with Gasteiger partial charge in [0.05, 0.1) is 9.72 Å². The molecular formula is C14H13ClN4O2S. The first-order valence-electron chi connectivity index (χ1n) is 7.01. The molecule has 0 atom stereocenters. The summed E-state index contributed by atoms with van der Waals surface area (Å²) in [5.74, 6) is -0.218. The molecule has 114 valence electrons. The number of carbonyl (C=O) groups is 2. The van der Waals surface area contributed by atoms with Gasteiger partial charge in [0.25, 0.3) is 5.91 Å². The van der Waals surface area contributed by atoms with Crippen molar-refractivity contribution in [3.63, 3.8) is 0 Å². The number of anilines is 1. The van der Waals surface area contributed by atoms with Crippen LogP contribution in [-0.4, -0.2) is 35.6 Å². The molecule has 2 saturated heterocycles. The number of carbonyl (C=O) groups excluding carboxylic acids is 2. The summed E-state index contributed by atoms with van der Waals surface area (Å²) in [5.41, 5.74) is 0.0680. The smallest absolute Gasteiger partial charge is 0.322 e. The predicted molar refractivity (Wildman–Crippen MR) is 85.5 cm³/mol. The third kappa shape index (κ3) is 2.04. The molecule has 1 aromatic heterocycles. The minimum Gasteiger partial charge on any atom is -0.348 e. The monoisotopic (exact) mass is 336 g/mol. The molecule has 4 rings (SSSR count). The van der Waals surface area contributed by atoms with E-state index in [0.29, 0.717) is 31.0 Å². The summed E-state index contributed by atoms with van der Waals surface area (Å²) >= 11 is 7.76. The average Bonchev–Trinajstić information content (AvgIpc) is 3.03. The Morgan fingerprint density at radius 2 is 2.05 bits per heavy atom. The topological polar surface area (TPSA) is 74.3 Å². The number of amides is 3. The van der Waals surface area contributed by atoms with E-state index >= 15 is 0 Å². The lowest BCUT2D eigenvalue weighted by Gasteiger charge is -2.36. The van der Waals surface area contributed by atoms with Crippen molar-refractivity contribution in [1.29, 1.82) is 0 Å². The Kier molecular flexibility index (Phi) is 3.02. The van der Waals surface area contributed by atoms with Gasteiger partial charge in [-0.1, -0.05) is 29.0 Å². The molecule has 0 bridgehead atoms. The van der Waals surface area contributed by atoms with Crippen LogP contribution in [0.1, 0.15) is 12.8 Å². The zero-order valence-corrected chi connectivity index (χ0v) is 13.1. The lowest BCUT2D eigenvalue weighted by atomic mass is 9.88. The molecule has 22 heavy (non-hydrogen) atoms. The molecule has 2 N–H and O–H groups in total. The molecule has 3 heterocycles. The van der Waals surface area contributed by atoms with Gasteiger partial charge in [-0.05, 0) is 25.0 Å². The van der Waals surface area contributed by atoms with E-state index in [2.05, 4.69) is 20.5 Å². The number of imide groups is 1. The minimum absolute atomic E-state index is 0.218. The first kappa shape index (κ1) is 13.8. The normalized spacial score (nSPS) is 20.5. The molecule has 1 aromatic carbocycles. The number of thiazole rings is 1. The van der Waals surface area contributed by atoms with Crippen molar-refractivity contribution in [2.75, 3.05) is 18.0 Å². The summed E-state index contributed by atoms with van der Waals surface area (Å²) in [6, 6.07) is 5.34. The highest BCUT2D eigenvalue weighted by molar-refractivity contribution is 7.22. The molecule has 1 spiro atoms. The van der Waals surface area contributed by atoms with Crippen LogP contribution in [0.2, 0.25) is 5.02 Å². The van der Waals surface area contributed by atoms with E-state index in [1.807, 2.05) is 18.2 Å². The molecule has 2 aliphatic rings. The number of hydrogen-bond acceptors (Lipinski definition) is 5. The highest BCUT2D eigenvalue weighted by Crippen LogP contribution is 2.35. The fourth-order valence-electron chi connectivity index (χ4n) is 3.00. The number of piperidine rings is 1. The van der Waals surface area contributed by atoms with Crippen LogP contribution in [0.4, 0.5) is 9.93 Å². The summed E-state index contributed by atoms with van der Waals surface area (Å²) in [6.45, 7) is 1.34. The second-order valence-electron chi connectivity index (χ2n) is 5.56. The molecule has 0 aliphatic carbocycles. The van der Waals surface area contributed by atoms with Crippen LogP contribution < -0.4 is 15.5 Å². The van der Waals surface area contributed by atoms with Crippen molar-refractivity contribution < 1.29 is 9.59 Å². The number of aromatic nitrogens is 1. The molecule has 2 fully saturated rings. The van der Waals surface area contributed by atoms with Crippen molar-refractivity contribution in [2.45, 2.75) is 18.4 Å². The lowest BCUT2D eigenvalue weighted by Crippen LogP contribution is -2.54. The fourth-order valence-corrected chi connectivity index (χ4v) is 4.32. The van der Waals surface area contributed by atoms with E-state index in [9.17, 15) is 9.59 Å². The number of fused-ring (bicyclic) bond motifs is 1. The van der Waals surface area contributed by atoms with Crippen LogP contribution in [0.25, 0.3) is 10.2 Å². The predicted octanol–water partition coefficient (Wildman–Crippen LogP) is 2.13. The van der Waals surface area contributed by atoms with Crippen LogP contribution in [0, 0.1) is 0 Å². The number of benzene rings is 1. The highest BCUT2D eigenvalue weighted by atomic mass is 35.5. The summed E-state index contributed by atoms with van der Waals surface area (Å²) in [7, 11) is 0. The Labute approximate surface area is 135 Å². The Hall–Kier alpha value is -1.86. The first-order valence-corrected chi connectivity index (χ1v) is 8.20. The number of urea groups is 1. The van der Waals surface area contributed by atoms with Gasteiger partial charge in [-0.3, -0.25) is 10.1 Å². The Morgan fingerprint density at radius 1 is 1.27 bits per heavy atom. The maximum absolute atomic E-state index is 11.9. The number of nitrogens with one attached hydrogen (secondary N) is 2. The maximum atomic E-state index is 11.9. The van der Waals surface area contributed by atoms with Gasteiger partial charge >= 0.3 is 6.03 Å². The largest absolute Gasteiger partial charge is 0.348 e. The van der Waals surface area contributed by atoms with Gasteiger partial charge in [0.2, 0.25) is 0 Å².